The van der Waals surface area contributed by atoms with Gasteiger partial charge in [0.15, 0.2) is 0 Å². The molecule has 0 aliphatic rings. The van der Waals surface area contributed by atoms with E-state index in [1.165, 1.54) is 0 Å². The van der Waals surface area contributed by atoms with Crippen LogP contribution in [-0.2, 0) is 0 Å². The molecule has 0 fully saturated rings. The van der Waals surface area contributed by atoms with E-state index in [0.717, 1.165) is 26.0 Å². The Balaban J connectivity index is 2.42. The van der Waals surface area contributed by atoms with Gasteiger partial charge in [-0.1, -0.05) is 37.9 Å². The van der Waals surface area contributed by atoms with Crippen LogP contribution in [-0.4, -0.2) is 7.05 Å². The number of furan rings is 1. The number of hydrogen-bond acceptors (Lipinski definition) is 2. The first kappa shape index (κ1) is 12.9. The van der Waals surface area contributed by atoms with Crippen molar-refractivity contribution in [3.05, 3.63) is 56.4 Å². The van der Waals surface area contributed by atoms with Crippen molar-refractivity contribution < 1.29 is 4.42 Å². The molecule has 2 aromatic rings. The number of rotatable bonds is 3. The summed E-state index contributed by atoms with van der Waals surface area (Å²) in [5, 5.41) is 3.27. The van der Waals surface area contributed by atoms with E-state index in [-0.39, 0.29) is 6.04 Å². The van der Waals surface area contributed by atoms with Gasteiger partial charge in [0.2, 0.25) is 0 Å². The van der Waals surface area contributed by atoms with E-state index in [4.69, 9.17) is 4.42 Å². The van der Waals surface area contributed by atoms with Crippen molar-refractivity contribution >= 4 is 31.9 Å². The summed E-state index contributed by atoms with van der Waals surface area (Å²) in [4.78, 5) is 0. The lowest BCUT2D eigenvalue weighted by Crippen LogP contribution is -2.17. The minimum atomic E-state index is 0.0613. The molecular weight excluding hydrogens is 346 g/mol. The maximum atomic E-state index is 5.68. The van der Waals surface area contributed by atoms with Crippen molar-refractivity contribution in [1.82, 2.24) is 5.32 Å². The molecule has 2 nitrogen and oxygen atoms in total. The molecular formula is C13H13Br2NO. The molecule has 0 aliphatic heterocycles. The van der Waals surface area contributed by atoms with Gasteiger partial charge < -0.3 is 9.73 Å². The first-order valence-electron chi connectivity index (χ1n) is 5.30. The van der Waals surface area contributed by atoms with Crippen molar-refractivity contribution in [2.75, 3.05) is 7.05 Å². The van der Waals surface area contributed by atoms with Crippen LogP contribution < -0.4 is 5.32 Å². The van der Waals surface area contributed by atoms with Crippen LogP contribution in [0.1, 0.15) is 23.1 Å². The van der Waals surface area contributed by atoms with E-state index in [0.29, 0.717) is 0 Å². The van der Waals surface area contributed by atoms with Crippen LogP contribution in [0.2, 0.25) is 0 Å². The molecule has 1 unspecified atom stereocenters. The van der Waals surface area contributed by atoms with Gasteiger partial charge in [0.1, 0.15) is 11.5 Å². The molecule has 4 heteroatoms. The van der Waals surface area contributed by atoms with Crippen LogP contribution in [0.15, 0.2) is 43.7 Å². The Bertz CT molecular complexity index is 522. The molecule has 0 radical (unpaired) electrons. The molecule has 0 amide bonds. The molecule has 1 atom stereocenters. The Morgan fingerprint density at radius 2 is 1.94 bits per heavy atom. The highest BCUT2D eigenvalue weighted by molar-refractivity contribution is 9.11. The van der Waals surface area contributed by atoms with E-state index in [9.17, 15) is 0 Å². The van der Waals surface area contributed by atoms with Crippen LogP contribution in [0.5, 0.6) is 0 Å². The summed E-state index contributed by atoms with van der Waals surface area (Å²) in [7, 11) is 1.93. The standard InChI is InChI=1S/C13H13Br2NO/c1-8-3-6-12(17-8)13(16-2)10-5-4-9(14)7-11(10)15/h3-7,13,16H,1-2H3. The van der Waals surface area contributed by atoms with Crippen molar-refractivity contribution in [1.29, 1.82) is 0 Å². The third-order valence-electron chi connectivity index (χ3n) is 2.61. The fourth-order valence-electron chi connectivity index (χ4n) is 1.80. The average molecular weight is 359 g/mol. The quantitative estimate of drug-likeness (QED) is 0.878. The Morgan fingerprint density at radius 3 is 2.47 bits per heavy atom. The summed E-state index contributed by atoms with van der Waals surface area (Å²) in [6.07, 6.45) is 0. The number of aryl methyl sites for hydroxylation is 1. The summed E-state index contributed by atoms with van der Waals surface area (Å²) >= 11 is 7.03. The molecule has 0 bridgehead atoms. The monoisotopic (exact) mass is 357 g/mol. The first-order chi connectivity index (χ1) is 8.11. The van der Waals surface area contributed by atoms with Crippen LogP contribution in [0, 0.1) is 6.92 Å². The molecule has 0 saturated heterocycles. The molecule has 17 heavy (non-hydrogen) atoms. The lowest BCUT2D eigenvalue weighted by molar-refractivity contribution is 0.443. The summed E-state index contributed by atoms with van der Waals surface area (Å²) in [5.74, 6) is 1.85. The Kier molecular flexibility index (Phi) is 4.07. The van der Waals surface area contributed by atoms with E-state index in [1.807, 2.05) is 38.2 Å². The van der Waals surface area contributed by atoms with E-state index < -0.39 is 0 Å². The van der Waals surface area contributed by atoms with Crippen molar-refractivity contribution in [3.8, 4) is 0 Å². The largest absolute Gasteiger partial charge is 0.464 e. The average Bonchev–Trinajstić information content (AvgIpc) is 2.69. The second kappa shape index (κ2) is 5.38. The molecule has 1 aromatic heterocycles. The highest BCUT2D eigenvalue weighted by Crippen LogP contribution is 2.31. The van der Waals surface area contributed by atoms with Gasteiger partial charge in [-0.25, -0.2) is 0 Å². The molecule has 1 N–H and O–H groups in total. The van der Waals surface area contributed by atoms with Gasteiger partial charge in [-0.2, -0.15) is 0 Å². The van der Waals surface area contributed by atoms with Crippen molar-refractivity contribution in [3.63, 3.8) is 0 Å². The highest BCUT2D eigenvalue weighted by Gasteiger charge is 2.18. The van der Waals surface area contributed by atoms with Gasteiger partial charge in [-0.05, 0) is 43.8 Å². The molecule has 1 aromatic carbocycles. The van der Waals surface area contributed by atoms with Gasteiger partial charge in [0, 0.05) is 8.95 Å². The Labute approximate surface area is 118 Å². The maximum absolute atomic E-state index is 5.68. The summed E-state index contributed by atoms with van der Waals surface area (Å²) in [6, 6.07) is 10.2. The van der Waals surface area contributed by atoms with Crippen LogP contribution in [0.4, 0.5) is 0 Å². The Morgan fingerprint density at radius 1 is 1.18 bits per heavy atom. The first-order valence-corrected chi connectivity index (χ1v) is 6.89. The molecule has 0 saturated carbocycles. The second-order valence-corrected chi connectivity index (χ2v) is 5.61. The third-order valence-corrected chi connectivity index (χ3v) is 3.79. The van der Waals surface area contributed by atoms with Crippen LogP contribution >= 0.6 is 31.9 Å². The minimum Gasteiger partial charge on any atom is -0.464 e. The highest BCUT2D eigenvalue weighted by atomic mass is 79.9. The smallest absolute Gasteiger partial charge is 0.125 e. The SMILES string of the molecule is CNC(c1ccc(C)o1)c1ccc(Br)cc1Br. The molecule has 0 aliphatic carbocycles. The van der Waals surface area contributed by atoms with Gasteiger partial charge >= 0.3 is 0 Å². The fourth-order valence-corrected chi connectivity index (χ4v) is 3.07. The molecule has 0 spiro atoms. The Hall–Kier alpha value is -0.580. The number of halogens is 2. The molecule has 2 rings (SSSR count). The van der Waals surface area contributed by atoms with Crippen LogP contribution in [0.3, 0.4) is 0 Å². The summed E-state index contributed by atoms with van der Waals surface area (Å²) < 4.78 is 7.79. The zero-order valence-electron chi connectivity index (χ0n) is 9.63. The topological polar surface area (TPSA) is 25.2 Å². The van der Waals surface area contributed by atoms with Gasteiger partial charge in [0.05, 0.1) is 6.04 Å². The normalized spacial score (nSPS) is 12.7. The lowest BCUT2D eigenvalue weighted by atomic mass is 10.1. The van der Waals surface area contributed by atoms with Crippen molar-refractivity contribution in [2.24, 2.45) is 0 Å². The van der Waals surface area contributed by atoms with Crippen LogP contribution in [0.25, 0.3) is 0 Å². The third kappa shape index (κ3) is 2.81. The zero-order valence-corrected chi connectivity index (χ0v) is 12.8. The van der Waals surface area contributed by atoms with E-state index >= 15 is 0 Å². The fraction of sp³-hybridized carbons (Fsp3) is 0.231. The summed E-state index contributed by atoms with van der Waals surface area (Å²) in [6.45, 7) is 1.95. The van der Waals surface area contributed by atoms with Gasteiger partial charge in [0.25, 0.3) is 0 Å². The second-order valence-electron chi connectivity index (χ2n) is 3.84. The predicted octanol–water partition coefficient (Wildman–Crippen LogP) is 4.42. The lowest BCUT2D eigenvalue weighted by Gasteiger charge is -2.16. The molecule has 90 valence electrons. The van der Waals surface area contributed by atoms with E-state index in [2.05, 4.69) is 43.2 Å². The van der Waals surface area contributed by atoms with Gasteiger partial charge in [-0.15, -0.1) is 0 Å². The maximum Gasteiger partial charge on any atom is 0.125 e. The van der Waals surface area contributed by atoms with Gasteiger partial charge in [-0.3, -0.25) is 0 Å². The minimum absolute atomic E-state index is 0.0613. The number of hydrogen-bond donors (Lipinski definition) is 1. The van der Waals surface area contributed by atoms with E-state index in [1.54, 1.807) is 0 Å². The zero-order chi connectivity index (χ0) is 12.4. The van der Waals surface area contributed by atoms with Crippen molar-refractivity contribution in [2.45, 2.75) is 13.0 Å². The number of benzene rings is 1. The molecule has 1 heterocycles. The summed E-state index contributed by atoms with van der Waals surface area (Å²) in [5.41, 5.74) is 1.16. The number of nitrogens with one attached hydrogen (secondary N) is 1. The predicted molar refractivity (Wildman–Crippen MR) is 76.2 cm³/mol.